The number of amides is 1. The van der Waals surface area contributed by atoms with E-state index in [1.165, 1.54) is 6.07 Å². The zero-order valence-electron chi connectivity index (χ0n) is 15.0. The third-order valence-corrected chi connectivity index (χ3v) is 3.83. The molecule has 8 heteroatoms. The topological polar surface area (TPSA) is 55.6 Å². The maximum atomic E-state index is 13.0. The molecule has 5 nitrogen and oxygen atoms in total. The van der Waals surface area contributed by atoms with E-state index in [1.807, 2.05) is 13.8 Å². The van der Waals surface area contributed by atoms with E-state index in [4.69, 9.17) is 4.74 Å². The molecule has 27 heavy (non-hydrogen) atoms. The van der Waals surface area contributed by atoms with Gasteiger partial charge in [-0.2, -0.15) is 13.2 Å². The molecule has 0 unspecified atom stereocenters. The van der Waals surface area contributed by atoms with Crippen molar-refractivity contribution in [1.29, 1.82) is 0 Å². The van der Waals surface area contributed by atoms with Gasteiger partial charge in [0, 0.05) is 6.20 Å². The van der Waals surface area contributed by atoms with Gasteiger partial charge in [-0.1, -0.05) is 12.1 Å². The van der Waals surface area contributed by atoms with E-state index < -0.39 is 17.6 Å². The average Bonchev–Trinajstić information content (AvgIpc) is 2.90. The molecule has 0 fully saturated rings. The van der Waals surface area contributed by atoms with Gasteiger partial charge >= 0.3 is 6.18 Å². The molecule has 0 spiro atoms. The molecule has 1 N–H and O–H groups in total. The Kier molecular flexibility index (Phi) is 4.82. The van der Waals surface area contributed by atoms with Crippen molar-refractivity contribution in [3.05, 3.63) is 59.5 Å². The second kappa shape index (κ2) is 6.94. The van der Waals surface area contributed by atoms with Gasteiger partial charge in [0.15, 0.2) is 0 Å². The van der Waals surface area contributed by atoms with Crippen LogP contribution in [0.2, 0.25) is 0 Å². The minimum absolute atomic E-state index is 0.0375. The average molecular weight is 377 g/mol. The van der Waals surface area contributed by atoms with E-state index >= 15 is 0 Å². The Hall–Kier alpha value is -3.03. The Morgan fingerprint density at radius 3 is 2.56 bits per heavy atom. The fourth-order valence-electron chi connectivity index (χ4n) is 2.71. The smallest absolute Gasteiger partial charge is 0.417 e. The summed E-state index contributed by atoms with van der Waals surface area (Å²) < 4.78 is 45.9. The number of carbonyl (C=O) groups is 1. The van der Waals surface area contributed by atoms with Crippen molar-refractivity contribution in [2.45, 2.75) is 33.1 Å². The number of aromatic nitrogens is 2. The monoisotopic (exact) mass is 377 g/mol. The van der Waals surface area contributed by atoms with E-state index in [0.29, 0.717) is 17.1 Å². The van der Waals surface area contributed by atoms with Crippen LogP contribution in [0, 0.1) is 6.92 Å². The highest BCUT2D eigenvalue weighted by Gasteiger charge is 2.31. The lowest BCUT2D eigenvalue weighted by atomic mass is 10.2. The molecule has 0 aliphatic heterocycles. The van der Waals surface area contributed by atoms with Crippen molar-refractivity contribution < 1.29 is 22.7 Å². The fraction of sp³-hybridized carbons (Fsp3) is 0.263. The number of fused-ring (bicyclic) bond motifs is 1. The molecule has 0 saturated carbocycles. The first-order valence-corrected chi connectivity index (χ1v) is 8.29. The van der Waals surface area contributed by atoms with E-state index in [0.717, 1.165) is 16.7 Å². The van der Waals surface area contributed by atoms with Crippen LogP contribution in [0.3, 0.4) is 0 Å². The fourth-order valence-corrected chi connectivity index (χ4v) is 2.71. The van der Waals surface area contributed by atoms with Gasteiger partial charge in [-0.25, -0.2) is 4.98 Å². The number of nitrogens with zero attached hydrogens (tertiary/aromatic N) is 2. The lowest BCUT2D eigenvalue weighted by molar-refractivity contribution is -0.137. The van der Waals surface area contributed by atoms with Crippen molar-refractivity contribution in [2.24, 2.45) is 0 Å². The molecule has 3 aromatic rings. The number of pyridine rings is 1. The summed E-state index contributed by atoms with van der Waals surface area (Å²) in [5, 5.41) is 2.70. The van der Waals surface area contributed by atoms with Gasteiger partial charge in [-0.05, 0) is 45.0 Å². The van der Waals surface area contributed by atoms with Crippen LogP contribution in [-0.4, -0.2) is 21.4 Å². The second-order valence-electron chi connectivity index (χ2n) is 6.31. The predicted octanol–water partition coefficient (Wildman–Crippen LogP) is 4.70. The molecule has 0 aliphatic rings. The number of halogens is 3. The van der Waals surface area contributed by atoms with Crippen LogP contribution in [0.4, 0.5) is 18.9 Å². The molecule has 1 aromatic carbocycles. The number of para-hydroxylation sites is 2. The largest absolute Gasteiger partial charge is 0.489 e. The molecule has 142 valence electrons. The van der Waals surface area contributed by atoms with Crippen LogP contribution in [-0.2, 0) is 6.18 Å². The number of aryl methyl sites for hydroxylation is 1. The molecule has 2 aromatic heterocycles. The van der Waals surface area contributed by atoms with E-state index in [1.54, 1.807) is 31.2 Å². The van der Waals surface area contributed by atoms with Gasteiger partial charge in [-0.3, -0.25) is 9.20 Å². The standard InChI is InChI=1S/C19H18F3N3O2/c1-11(2)27-15-7-5-4-6-14(15)24-18(26)17-12(3)23-16-9-8-13(10-25(16)17)19(20,21)22/h4-11H,1-3H3,(H,24,26). The summed E-state index contributed by atoms with van der Waals surface area (Å²) in [7, 11) is 0. The van der Waals surface area contributed by atoms with Gasteiger partial charge in [-0.15, -0.1) is 0 Å². The highest BCUT2D eigenvalue weighted by Crippen LogP contribution is 2.30. The molecule has 0 radical (unpaired) electrons. The summed E-state index contributed by atoms with van der Waals surface area (Å²) in [4.78, 5) is 17.0. The SMILES string of the molecule is Cc1nc2ccc(C(F)(F)F)cn2c1C(=O)Nc1ccccc1OC(C)C. The van der Waals surface area contributed by atoms with Gasteiger partial charge in [0.05, 0.1) is 23.0 Å². The highest BCUT2D eigenvalue weighted by atomic mass is 19.4. The summed E-state index contributed by atoms with van der Waals surface area (Å²) >= 11 is 0. The van der Waals surface area contributed by atoms with Gasteiger partial charge in [0.2, 0.25) is 0 Å². The van der Waals surface area contributed by atoms with E-state index in [2.05, 4.69) is 10.3 Å². The third kappa shape index (κ3) is 3.89. The molecule has 0 saturated heterocycles. The molecule has 0 bridgehead atoms. The Bertz CT molecular complexity index is 994. The zero-order chi connectivity index (χ0) is 19.8. The molecule has 0 atom stereocenters. The van der Waals surface area contributed by atoms with Gasteiger partial charge in [0.25, 0.3) is 5.91 Å². The van der Waals surface area contributed by atoms with Crippen molar-refractivity contribution in [3.63, 3.8) is 0 Å². The van der Waals surface area contributed by atoms with Crippen molar-refractivity contribution >= 4 is 17.2 Å². The molecular weight excluding hydrogens is 359 g/mol. The summed E-state index contributed by atoms with van der Waals surface area (Å²) in [6.45, 7) is 5.28. The Labute approximate surface area is 153 Å². The van der Waals surface area contributed by atoms with Gasteiger partial charge in [0.1, 0.15) is 17.1 Å². The van der Waals surface area contributed by atoms with Crippen molar-refractivity contribution in [1.82, 2.24) is 9.38 Å². The van der Waals surface area contributed by atoms with Crippen LogP contribution in [0.15, 0.2) is 42.6 Å². The summed E-state index contributed by atoms with van der Waals surface area (Å²) in [6.07, 6.45) is -3.74. The van der Waals surface area contributed by atoms with Crippen LogP contribution >= 0.6 is 0 Å². The number of nitrogens with one attached hydrogen (secondary N) is 1. The predicted molar refractivity (Wildman–Crippen MR) is 95.1 cm³/mol. The lowest BCUT2D eigenvalue weighted by Crippen LogP contribution is -2.17. The lowest BCUT2D eigenvalue weighted by Gasteiger charge is -2.15. The minimum Gasteiger partial charge on any atom is -0.489 e. The molecule has 2 heterocycles. The number of carbonyl (C=O) groups excluding carboxylic acids is 1. The Morgan fingerprint density at radius 2 is 1.89 bits per heavy atom. The third-order valence-electron chi connectivity index (χ3n) is 3.83. The zero-order valence-corrected chi connectivity index (χ0v) is 15.0. The van der Waals surface area contributed by atoms with Crippen LogP contribution in [0.1, 0.15) is 35.6 Å². The maximum Gasteiger partial charge on any atom is 0.417 e. The highest BCUT2D eigenvalue weighted by molar-refractivity contribution is 6.05. The van der Waals surface area contributed by atoms with Crippen LogP contribution in [0.25, 0.3) is 5.65 Å². The van der Waals surface area contributed by atoms with Crippen LogP contribution < -0.4 is 10.1 Å². The number of hydrogen-bond donors (Lipinski definition) is 1. The number of benzene rings is 1. The first kappa shape index (κ1) is 18.8. The van der Waals surface area contributed by atoms with Crippen LogP contribution in [0.5, 0.6) is 5.75 Å². The minimum atomic E-state index is -4.52. The molecular formula is C19H18F3N3O2. The Balaban J connectivity index is 2.00. The number of hydrogen-bond acceptors (Lipinski definition) is 3. The van der Waals surface area contributed by atoms with E-state index in [-0.39, 0.29) is 17.4 Å². The number of ether oxygens (including phenoxy) is 1. The number of alkyl halides is 3. The summed E-state index contributed by atoms with van der Waals surface area (Å²) in [5.74, 6) is -0.0950. The van der Waals surface area contributed by atoms with E-state index in [9.17, 15) is 18.0 Å². The molecule has 1 amide bonds. The maximum absolute atomic E-state index is 13.0. The Morgan fingerprint density at radius 1 is 1.19 bits per heavy atom. The summed E-state index contributed by atoms with van der Waals surface area (Å²) in [6, 6.07) is 9.04. The quantitative estimate of drug-likeness (QED) is 0.717. The molecule has 0 aliphatic carbocycles. The molecule has 3 rings (SSSR count). The number of rotatable bonds is 4. The first-order valence-electron chi connectivity index (χ1n) is 8.29. The number of imidazole rings is 1. The van der Waals surface area contributed by atoms with Crippen molar-refractivity contribution in [3.8, 4) is 5.75 Å². The first-order chi connectivity index (χ1) is 12.7. The second-order valence-corrected chi connectivity index (χ2v) is 6.31. The normalized spacial score (nSPS) is 11.8. The number of anilines is 1. The summed E-state index contributed by atoms with van der Waals surface area (Å²) in [5.41, 5.74) is 0.199. The van der Waals surface area contributed by atoms with Crippen molar-refractivity contribution in [2.75, 3.05) is 5.32 Å². The van der Waals surface area contributed by atoms with Gasteiger partial charge < -0.3 is 10.1 Å².